The number of rotatable bonds is 7. The van der Waals surface area contributed by atoms with Crippen LogP contribution in [0.25, 0.3) is 0 Å². The summed E-state index contributed by atoms with van der Waals surface area (Å²) in [6.07, 6.45) is 2.87. The molecule has 31 heavy (non-hydrogen) atoms. The lowest BCUT2D eigenvalue weighted by Gasteiger charge is -2.35. The monoisotopic (exact) mass is 444 g/mol. The number of hydrogen-bond donors (Lipinski definition) is 1. The number of nitrogens with zero attached hydrogens (tertiary/aromatic N) is 5. The molecular formula is C21H28N6O3S. The standard InChI is InChI=1S/C21H28N6O3S/c1-13-8-14(2)11-26(10-13)20-23-24-21(27(20)12-17-6-5-7-29-17)31-16(4)19(28)22-18-9-15(3)30-25-18/h5-7,9,13-14,16H,8,10-12H2,1-4H3,(H,22,25,28). The van der Waals surface area contributed by atoms with Gasteiger partial charge in [0.15, 0.2) is 11.0 Å². The maximum Gasteiger partial charge on any atom is 0.238 e. The van der Waals surface area contributed by atoms with Crippen LogP contribution >= 0.6 is 11.8 Å². The van der Waals surface area contributed by atoms with Gasteiger partial charge >= 0.3 is 0 Å². The molecule has 0 bridgehead atoms. The molecule has 4 heterocycles. The second-order valence-corrected chi connectivity index (χ2v) is 9.68. The Morgan fingerprint density at radius 1 is 1.32 bits per heavy atom. The first-order valence-electron chi connectivity index (χ1n) is 10.5. The molecule has 1 fully saturated rings. The van der Waals surface area contributed by atoms with E-state index in [0.717, 1.165) is 24.8 Å². The normalized spacial score (nSPS) is 20.1. The van der Waals surface area contributed by atoms with Crippen molar-refractivity contribution in [2.24, 2.45) is 11.8 Å². The van der Waals surface area contributed by atoms with Crippen molar-refractivity contribution in [1.29, 1.82) is 0 Å². The van der Waals surface area contributed by atoms with E-state index in [4.69, 9.17) is 8.94 Å². The zero-order valence-electron chi connectivity index (χ0n) is 18.2. The van der Waals surface area contributed by atoms with Gasteiger partial charge in [0, 0.05) is 19.2 Å². The van der Waals surface area contributed by atoms with Crippen LogP contribution in [-0.2, 0) is 11.3 Å². The van der Waals surface area contributed by atoms with Gasteiger partial charge in [-0.15, -0.1) is 10.2 Å². The van der Waals surface area contributed by atoms with Crippen LogP contribution in [0.1, 0.15) is 38.7 Å². The average Bonchev–Trinajstić information content (AvgIpc) is 3.44. The minimum absolute atomic E-state index is 0.174. The SMILES string of the molecule is Cc1cc(NC(=O)C(C)Sc2nnc(N3CC(C)CC(C)C3)n2Cc2ccco2)no1. The van der Waals surface area contributed by atoms with Crippen molar-refractivity contribution in [3.63, 3.8) is 0 Å². The number of carbonyl (C=O) groups is 1. The third kappa shape index (κ3) is 5.12. The molecule has 3 aromatic rings. The number of thioether (sulfide) groups is 1. The van der Waals surface area contributed by atoms with Crippen LogP contribution in [0, 0.1) is 18.8 Å². The fraction of sp³-hybridized carbons (Fsp3) is 0.524. The Hall–Kier alpha value is -2.75. The first kappa shape index (κ1) is 21.5. The first-order valence-corrected chi connectivity index (χ1v) is 11.4. The summed E-state index contributed by atoms with van der Waals surface area (Å²) in [6, 6.07) is 5.49. The molecule has 1 aliphatic rings. The van der Waals surface area contributed by atoms with E-state index >= 15 is 0 Å². The molecule has 1 N–H and O–H groups in total. The zero-order valence-corrected chi connectivity index (χ0v) is 19.1. The van der Waals surface area contributed by atoms with Gasteiger partial charge < -0.3 is 19.2 Å². The van der Waals surface area contributed by atoms with Crippen molar-refractivity contribution >= 4 is 29.4 Å². The molecule has 1 aliphatic heterocycles. The lowest BCUT2D eigenvalue weighted by Crippen LogP contribution is -2.40. The number of aromatic nitrogens is 4. The summed E-state index contributed by atoms with van der Waals surface area (Å²) >= 11 is 1.36. The van der Waals surface area contributed by atoms with E-state index in [1.165, 1.54) is 18.2 Å². The molecule has 4 rings (SSSR count). The van der Waals surface area contributed by atoms with Gasteiger partial charge in [0.1, 0.15) is 11.5 Å². The van der Waals surface area contributed by atoms with Gasteiger partial charge in [0.2, 0.25) is 11.9 Å². The Kier molecular flexibility index (Phi) is 6.35. The highest BCUT2D eigenvalue weighted by Crippen LogP contribution is 2.30. The molecule has 0 aliphatic carbocycles. The smallest absolute Gasteiger partial charge is 0.238 e. The van der Waals surface area contributed by atoms with E-state index in [1.807, 2.05) is 23.6 Å². The van der Waals surface area contributed by atoms with Gasteiger partial charge in [-0.3, -0.25) is 9.36 Å². The predicted octanol–water partition coefficient (Wildman–Crippen LogP) is 3.82. The summed E-state index contributed by atoms with van der Waals surface area (Å²) in [5.74, 6) is 3.68. The fourth-order valence-corrected chi connectivity index (χ4v) is 4.83. The molecular weight excluding hydrogens is 416 g/mol. The molecule has 1 amide bonds. The van der Waals surface area contributed by atoms with Crippen LogP contribution in [0.15, 0.2) is 38.6 Å². The van der Waals surface area contributed by atoms with Gasteiger partial charge in [0.25, 0.3) is 0 Å². The van der Waals surface area contributed by atoms with E-state index in [9.17, 15) is 4.79 Å². The van der Waals surface area contributed by atoms with E-state index < -0.39 is 5.25 Å². The highest BCUT2D eigenvalue weighted by atomic mass is 32.2. The number of piperidine rings is 1. The predicted molar refractivity (Wildman–Crippen MR) is 118 cm³/mol. The van der Waals surface area contributed by atoms with E-state index in [0.29, 0.717) is 35.1 Å². The minimum Gasteiger partial charge on any atom is -0.467 e. The number of nitrogens with one attached hydrogen (secondary N) is 1. The third-order valence-corrected chi connectivity index (χ3v) is 6.35. The summed E-state index contributed by atoms with van der Waals surface area (Å²) in [6.45, 7) is 10.5. The maximum absolute atomic E-state index is 12.6. The van der Waals surface area contributed by atoms with Crippen molar-refractivity contribution in [3.8, 4) is 0 Å². The quantitative estimate of drug-likeness (QED) is 0.549. The molecule has 10 heteroatoms. The highest BCUT2D eigenvalue weighted by molar-refractivity contribution is 8.00. The van der Waals surface area contributed by atoms with Gasteiger partial charge in [-0.25, -0.2) is 0 Å². The Labute approximate surface area is 185 Å². The summed E-state index contributed by atoms with van der Waals surface area (Å²) < 4.78 is 12.6. The number of amides is 1. The molecule has 0 aromatic carbocycles. The van der Waals surface area contributed by atoms with Crippen LogP contribution in [0.5, 0.6) is 0 Å². The lowest BCUT2D eigenvalue weighted by molar-refractivity contribution is -0.115. The Morgan fingerprint density at radius 3 is 2.74 bits per heavy atom. The summed E-state index contributed by atoms with van der Waals surface area (Å²) in [7, 11) is 0. The Bertz CT molecular complexity index is 1000. The molecule has 3 unspecified atom stereocenters. The number of hydrogen-bond acceptors (Lipinski definition) is 8. The van der Waals surface area contributed by atoms with Crippen LogP contribution in [0.2, 0.25) is 0 Å². The highest BCUT2D eigenvalue weighted by Gasteiger charge is 2.28. The van der Waals surface area contributed by atoms with Crippen molar-refractivity contribution < 1.29 is 13.7 Å². The van der Waals surface area contributed by atoms with E-state index in [-0.39, 0.29) is 5.91 Å². The second-order valence-electron chi connectivity index (χ2n) is 8.37. The van der Waals surface area contributed by atoms with Crippen LogP contribution in [0.4, 0.5) is 11.8 Å². The Balaban J connectivity index is 1.54. The van der Waals surface area contributed by atoms with Gasteiger partial charge in [-0.1, -0.05) is 30.8 Å². The molecule has 1 saturated heterocycles. The molecule has 9 nitrogen and oxygen atoms in total. The fourth-order valence-electron chi connectivity index (χ4n) is 3.99. The second kappa shape index (κ2) is 9.17. The van der Waals surface area contributed by atoms with Crippen molar-refractivity contribution in [3.05, 3.63) is 36.0 Å². The van der Waals surface area contributed by atoms with E-state index in [2.05, 4.69) is 39.4 Å². The minimum atomic E-state index is -0.399. The topological polar surface area (TPSA) is 102 Å². The van der Waals surface area contributed by atoms with Gasteiger partial charge in [0.05, 0.1) is 18.1 Å². The van der Waals surface area contributed by atoms with Crippen LogP contribution < -0.4 is 10.2 Å². The summed E-state index contributed by atoms with van der Waals surface area (Å²) in [5.41, 5.74) is 0. The molecule has 0 radical (unpaired) electrons. The zero-order chi connectivity index (χ0) is 22.0. The largest absolute Gasteiger partial charge is 0.467 e. The van der Waals surface area contributed by atoms with Crippen molar-refractivity contribution in [1.82, 2.24) is 19.9 Å². The first-order chi connectivity index (χ1) is 14.9. The number of aryl methyl sites for hydroxylation is 1. The van der Waals surface area contributed by atoms with Gasteiger partial charge in [-0.2, -0.15) is 0 Å². The molecule has 0 spiro atoms. The molecule has 3 aromatic heterocycles. The van der Waals surface area contributed by atoms with Gasteiger partial charge in [-0.05, 0) is 44.2 Å². The third-order valence-electron chi connectivity index (χ3n) is 5.27. The van der Waals surface area contributed by atoms with Crippen molar-refractivity contribution in [2.75, 3.05) is 23.3 Å². The molecule has 0 saturated carbocycles. The number of carbonyl (C=O) groups excluding carboxylic acids is 1. The lowest BCUT2D eigenvalue weighted by atomic mass is 9.92. The van der Waals surface area contributed by atoms with E-state index in [1.54, 1.807) is 19.3 Å². The number of furan rings is 1. The van der Waals surface area contributed by atoms with Crippen LogP contribution in [-0.4, -0.2) is 44.2 Å². The van der Waals surface area contributed by atoms with Crippen LogP contribution in [0.3, 0.4) is 0 Å². The summed E-state index contributed by atoms with van der Waals surface area (Å²) in [5, 5.41) is 15.8. The Morgan fingerprint density at radius 2 is 2.10 bits per heavy atom. The summed E-state index contributed by atoms with van der Waals surface area (Å²) in [4.78, 5) is 14.9. The average molecular weight is 445 g/mol. The molecule has 166 valence electrons. The molecule has 3 atom stereocenters. The van der Waals surface area contributed by atoms with Crippen molar-refractivity contribution in [2.45, 2.75) is 51.1 Å². The number of anilines is 2. The maximum atomic E-state index is 12.6.